The van der Waals surface area contributed by atoms with E-state index in [-0.39, 0.29) is 22.3 Å². The summed E-state index contributed by atoms with van der Waals surface area (Å²) in [6, 6.07) is 8.14. The molecule has 4 fully saturated rings. The number of carbonyl (C=O) groups excluding carboxylic acids is 1. The molecule has 1 aromatic carbocycles. The minimum atomic E-state index is -0.270. The summed E-state index contributed by atoms with van der Waals surface area (Å²) >= 11 is 1.81. The van der Waals surface area contributed by atoms with Crippen molar-refractivity contribution < 1.29 is 9.53 Å². The van der Waals surface area contributed by atoms with Gasteiger partial charge in [0.05, 0.1) is 18.4 Å². The van der Waals surface area contributed by atoms with E-state index in [9.17, 15) is 4.79 Å². The van der Waals surface area contributed by atoms with Crippen molar-refractivity contribution in [3.05, 3.63) is 64.7 Å². The number of esters is 1. The van der Waals surface area contributed by atoms with Crippen LogP contribution in [0, 0.1) is 51.2 Å². The van der Waals surface area contributed by atoms with Crippen LogP contribution in [-0.2, 0) is 11.2 Å². The van der Waals surface area contributed by atoms with Crippen molar-refractivity contribution >= 4 is 28.0 Å². The van der Waals surface area contributed by atoms with Gasteiger partial charge in [0.2, 0.25) is 0 Å². The van der Waals surface area contributed by atoms with Crippen LogP contribution in [0.2, 0.25) is 0 Å². The monoisotopic (exact) mass is 654 g/mol. The Morgan fingerprint density at radius 1 is 0.979 bits per heavy atom. The molecule has 5 aliphatic rings. The van der Waals surface area contributed by atoms with Gasteiger partial charge in [-0.2, -0.15) is 0 Å². The van der Waals surface area contributed by atoms with Crippen molar-refractivity contribution in [2.45, 2.75) is 118 Å². The molecule has 0 bridgehead atoms. The zero-order valence-corrected chi connectivity index (χ0v) is 31.1. The van der Waals surface area contributed by atoms with E-state index < -0.39 is 0 Å². The highest BCUT2D eigenvalue weighted by molar-refractivity contribution is 7.13. The predicted octanol–water partition coefficient (Wildman–Crippen LogP) is 11.0. The smallest absolute Gasteiger partial charge is 0.337 e. The summed E-state index contributed by atoms with van der Waals surface area (Å²) in [5.74, 6) is 2.99. The first-order valence-corrected chi connectivity index (χ1v) is 19.4. The molecule has 4 nitrogen and oxygen atoms in total. The molecule has 0 saturated heterocycles. The number of hydrogen-bond donors (Lipinski definition) is 1. The lowest BCUT2D eigenvalue weighted by molar-refractivity contribution is -0.216. The number of nitrogens with one attached hydrogen (secondary N) is 1. The molecule has 0 amide bonds. The van der Waals surface area contributed by atoms with Gasteiger partial charge in [0.15, 0.2) is 5.13 Å². The Bertz CT molecular complexity index is 1590. The average molecular weight is 655 g/mol. The van der Waals surface area contributed by atoms with Crippen LogP contribution in [0.15, 0.2) is 47.9 Å². The van der Waals surface area contributed by atoms with Gasteiger partial charge < -0.3 is 10.1 Å². The Hall–Kier alpha value is -2.40. The van der Waals surface area contributed by atoms with Gasteiger partial charge >= 0.3 is 5.97 Å². The third-order valence-corrected chi connectivity index (χ3v) is 16.3. The third kappa shape index (κ3) is 4.71. The highest BCUT2D eigenvalue weighted by Crippen LogP contribution is 2.77. The van der Waals surface area contributed by atoms with E-state index in [1.807, 2.05) is 23.5 Å². The van der Waals surface area contributed by atoms with Gasteiger partial charge in [-0.25, -0.2) is 9.78 Å². The van der Waals surface area contributed by atoms with Crippen molar-refractivity contribution in [3.63, 3.8) is 0 Å². The fourth-order valence-electron chi connectivity index (χ4n) is 13.1. The van der Waals surface area contributed by atoms with E-state index >= 15 is 0 Å². The van der Waals surface area contributed by atoms with Crippen LogP contribution in [0.3, 0.4) is 0 Å². The predicted molar refractivity (Wildman–Crippen MR) is 196 cm³/mol. The van der Waals surface area contributed by atoms with E-state index in [2.05, 4.69) is 84.0 Å². The Balaban J connectivity index is 1.21. The summed E-state index contributed by atoms with van der Waals surface area (Å²) in [5, 5.41) is 7.55. The van der Waals surface area contributed by atoms with E-state index in [1.54, 1.807) is 0 Å². The van der Waals surface area contributed by atoms with Crippen molar-refractivity contribution in [2.24, 2.45) is 51.2 Å². The van der Waals surface area contributed by atoms with Crippen LogP contribution in [-0.4, -0.2) is 23.6 Å². The molecule has 1 heterocycles. The standard InChI is InChI=1S/C42H58N2O2S/c1-10-29-25-47-37(43-29)44-42-22-17-30(26(2)3)35(42)32-15-16-34-39(6)20-18-31(27-11-13-28(14-12-27)36(45)46-9)38(4,5)33(39)19-21-41(34,8)40(32,7)23-24-42/h11-14,18,25,30,32-35H,2,10,15-17,19-24H2,1,3-9H3,(H,43,44)/t30-,32+,33-,34+,35+,39-,40+,41+,42-/m0/s1. The van der Waals surface area contributed by atoms with Crippen LogP contribution in [0.5, 0.6) is 0 Å². The zero-order chi connectivity index (χ0) is 33.6. The number of rotatable bonds is 6. The van der Waals surface area contributed by atoms with Crippen LogP contribution in [0.4, 0.5) is 5.13 Å². The number of nitrogens with zero attached hydrogens (tertiary/aromatic N) is 1. The number of fused-ring (bicyclic) bond motifs is 7. The minimum absolute atomic E-state index is 0.0616. The van der Waals surface area contributed by atoms with E-state index in [1.165, 1.54) is 80.9 Å². The molecule has 0 spiro atoms. The number of allylic oxidation sites excluding steroid dienone is 3. The third-order valence-electron chi connectivity index (χ3n) is 15.5. The molecule has 1 N–H and O–H groups in total. The molecule has 5 heteroatoms. The van der Waals surface area contributed by atoms with Crippen molar-refractivity contribution in [1.82, 2.24) is 4.98 Å². The lowest BCUT2D eigenvalue weighted by atomic mass is 9.33. The maximum absolute atomic E-state index is 12.1. The Labute approximate surface area is 288 Å². The van der Waals surface area contributed by atoms with Crippen molar-refractivity contribution in [1.29, 1.82) is 0 Å². The first-order valence-electron chi connectivity index (χ1n) is 18.5. The average Bonchev–Trinajstić information content (AvgIpc) is 3.66. The Kier molecular flexibility index (Phi) is 7.98. The van der Waals surface area contributed by atoms with Crippen LogP contribution >= 0.6 is 11.3 Å². The molecule has 1 aromatic heterocycles. The summed E-state index contributed by atoms with van der Waals surface area (Å²) in [6.45, 7) is 22.3. The molecule has 5 aliphatic carbocycles. The molecule has 2 aromatic rings. The van der Waals surface area contributed by atoms with Crippen LogP contribution < -0.4 is 5.32 Å². The second kappa shape index (κ2) is 11.3. The van der Waals surface area contributed by atoms with Crippen LogP contribution in [0.25, 0.3) is 5.57 Å². The first kappa shape index (κ1) is 33.1. The van der Waals surface area contributed by atoms with E-state index in [0.717, 1.165) is 18.0 Å². The van der Waals surface area contributed by atoms with Gasteiger partial charge in [-0.05, 0) is 146 Å². The molecule has 4 saturated carbocycles. The molecular weight excluding hydrogens is 597 g/mol. The first-order chi connectivity index (χ1) is 22.2. The molecule has 9 atom stereocenters. The Morgan fingerprint density at radius 3 is 2.38 bits per heavy atom. The summed E-state index contributed by atoms with van der Waals surface area (Å²) in [6.07, 6.45) is 15.1. The SMILES string of the molecule is C=C(C)[C@@H]1CC[C@]2(Nc3nc(CC)cs3)CC[C@]3(C)[C@H](CC[C@@H]4[C@@]5(C)CC=C(c6ccc(C(=O)OC)cc6)C(C)(C)[C@@H]5CC[C@]43C)[C@@H]12. The zero-order valence-electron chi connectivity index (χ0n) is 30.3. The topological polar surface area (TPSA) is 51.2 Å². The second-order valence-electron chi connectivity index (χ2n) is 17.6. The number of methoxy groups -OCH3 is 1. The molecular formula is C42H58N2O2S. The number of thiazole rings is 1. The minimum Gasteiger partial charge on any atom is -0.465 e. The number of hydrogen-bond acceptors (Lipinski definition) is 5. The number of ether oxygens (including phenoxy) is 1. The van der Waals surface area contributed by atoms with Crippen LogP contribution in [0.1, 0.15) is 128 Å². The number of carbonyl (C=O) groups is 1. The lowest BCUT2D eigenvalue weighted by Crippen LogP contribution is -2.67. The van der Waals surface area contributed by atoms with Gasteiger partial charge in [-0.3, -0.25) is 0 Å². The van der Waals surface area contributed by atoms with Gasteiger partial charge in [-0.1, -0.05) is 71.9 Å². The van der Waals surface area contributed by atoms with E-state index in [0.29, 0.717) is 46.0 Å². The summed E-state index contributed by atoms with van der Waals surface area (Å²) in [7, 11) is 1.45. The molecule has 0 radical (unpaired) electrons. The maximum Gasteiger partial charge on any atom is 0.337 e. The number of benzene rings is 1. The highest BCUT2D eigenvalue weighted by Gasteiger charge is 2.70. The second-order valence-corrected chi connectivity index (χ2v) is 18.4. The Morgan fingerprint density at radius 2 is 1.72 bits per heavy atom. The quantitative estimate of drug-likeness (QED) is 0.249. The van der Waals surface area contributed by atoms with E-state index in [4.69, 9.17) is 9.72 Å². The molecule has 254 valence electrons. The van der Waals surface area contributed by atoms with Gasteiger partial charge in [-0.15, -0.1) is 11.3 Å². The molecule has 0 aliphatic heterocycles. The largest absolute Gasteiger partial charge is 0.465 e. The maximum atomic E-state index is 12.1. The number of anilines is 1. The summed E-state index contributed by atoms with van der Waals surface area (Å²) < 4.78 is 4.97. The van der Waals surface area contributed by atoms with Gasteiger partial charge in [0.25, 0.3) is 0 Å². The number of aromatic nitrogens is 1. The van der Waals surface area contributed by atoms with Gasteiger partial charge in [0, 0.05) is 10.9 Å². The van der Waals surface area contributed by atoms with Gasteiger partial charge in [0.1, 0.15) is 0 Å². The molecule has 47 heavy (non-hydrogen) atoms. The lowest BCUT2D eigenvalue weighted by Gasteiger charge is -2.72. The summed E-state index contributed by atoms with van der Waals surface area (Å²) in [4.78, 5) is 17.1. The fourth-order valence-corrected chi connectivity index (χ4v) is 14.0. The normalized spacial score (nSPS) is 40.3. The summed E-state index contributed by atoms with van der Waals surface area (Å²) in [5.41, 5.74) is 7.03. The molecule has 0 unspecified atom stereocenters. The molecule has 7 rings (SSSR count). The van der Waals surface area contributed by atoms with Crippen molar-refractivity contribution in [3.8, 4) is 0 Å². The van der Waals surface area contributed by atoms with Crippen molar-refractivity contribution in [2.75, 3.05) is 12.4 Å². The highest BCUT2D eigenvalue weighted by atomic mass is 32.1. The number of aryl methyl sites for hydroxylation is 1. The fraction of sp³-hybridized carbons (Fsp3) is 0.667.